The summed E-state index contributed by atoms with van der Waals surface area (Å²) < 4.78 is 17.4. The first-order valence-electron chi connectivity index (χ1n) is 7.12. The largest absolute Gasteiger partial charge is 0.412 e. The molecule has 1 aliphatic rings. The summed E-state index contributed by atoms with van der Waals surface area (Å²) in [5.41, 5.74) is 1.91. The molecule has 2 rings (SSSR count). The lowest BCUT2D eigenvalue weighted by Gasteiger charge is -2.36. The van der Waals surface area contributed by atoms with Crippen LogP contribution in [0.5, 0.6) is 0 Å². The Kier molecular flexibility index (Phi) is 4.64. The lowest BCUT2D eigenvalue weighted by Crippen LogP contribution is -2.40. The van der Waals surface area contributed by atoms with Crippen molar-refractivity contribution in [2.24, 2.45) is 0 Å². The molecular formula is C15H25NO3Si. The SMILES string of the molecule is CC(C)(C)[Si](C)(C)OCc1cccnc1C1OCCO1. The molecule has 2 heterocycles. The smallest absolute Gasteiger partial charge is 0.201 e. The van der Waals surface area contributed by atoms with Crippen molar-refractivity contribution in [1.82, 2.24) is 4.98 Å². The van der Waals surface area contributed by atoms with Gasteiger partial charge in [0, 0.05) is 11.8 Å². The molecule has 0 spiro atoms. The van der Waals surface area contributed by atoms with Crippen molar-refractivity contribution in [1.29, 1.82) is 0 Å². The molecule has 0 N–H and O–H groups in total. The highest BCUT2D eigenvalue weighted by molar-refractivity contribution is 6.74. The van der Waals surface area contributed by atoms with Crippen molar-refractivity contribution in [3.05, 3.63) is 29.6 Å². The normalized spacial score (nSPS) is 17.6. The minimum Gasteiger partial charge on any atom is -0.412 e. The number of ether oxygens (including phenoxy) is 2. The quantitative estimate of drug-likeness (QED) is 0.795. The van der Waals surface area contributed by atoms with Crippen molar-refractivity contribution in [2.45, 2.75) is 51.8 Å². The maximum Gasteiger partial charge on any atom is 0.201 e. The van der Waals surface area contributed by atoms with Crippen molar-refractivity contribution in [3.63, 3.8) is 0 Å². The van der Waals surface area contributed by atoms with Gasteiger partial charge in [-0.15, -0.1) is 0 Å². The van der Waals surface area contributed by atoms with Crippen LogP contribution in [-0.2, 0) is 20.5 Å². The zero-order chi connectivity index (χ0) is 14.8. The molecule has 0 bridgehead atoms. The van der Waals surface area contributed by atoms with Crippen molar-refractivity contribution in [2.75, 3.05) is 13.2 Å². The van der Waals surface area contributed by atoms with Gasteiger partial charge in [-0.2, -0.15) is 0 Å². The number of nitrogens with zero attached hydrogens (tertiary/aromatic N) is 1. The molecule has 4 nitrogen and oxygen atoms in total. The van der Waals surface area contributed by atoms with Crippen LogP contribution >= 0.6 is 0 Å². The summed E-state index contributed by atoms with van der Waals surface area (Å²) in [6.45, 7) is 13.1. The van der Waals surface area contributed by atoms with Crippen molar-refractivity contribution >= 4 is 8.32 Å². The zero-order valence-corrected chi connectivity index (χ0v) is 14.1. The summed E-state index contributed by atoms with van der Waals surface area (Å²) >= 11 is 0. The van der Waals surface area contributed by atoms with E-state index < -0.39 is 8.32 Å². The fourth-order valence-corrected chi connectivity index (χ4v) is 2.73. The first-order valence-corrected chi connectivity index (χ1v) is 10.0. The molecule has 0 atom stereocenters. The number of aromatic nitrogens is 1. The number of pyridine rings is 1. The Hall–Kier alpha value is -0.753. The Morgan fingerprint density at radius 2 is 1.95 bits per heavy atom. The van der Waals surface area contributed by atoms with E-state index in [2.05, 4.69) is 38.8 Å². The number of hydrogen-bond donors (Lipinski definition) is 0. The highest BCUT2D eigenvalue weighted by atomic mass is 28.4. The average molecular weight is 295 g/mol. The second-order valence-corrected chi connectivity index (χ2v) is 11.5. The average Bonchev–Trinajstić information content (AvgIpc) is 2.89. The molecular weight excluding hydrogens is 270 g/mol. The fourth-order valence-electron chi connectivity index (χ4n) is 1.78. The first kappa shape index (κ1) is 15.6. The predicted molar refractivity (Wildman–Crippen MR) is 80.9 cm³/mol. The lowest BCUT2D eigenvalue weighted by molar-refractivity contribution is -0.0484. The highest BCUT2D eigenvalue weighted by Gasteiger charge is 2.37. The molecule has 0 aliphatic carbocycles. The van der Waals surface area contributed by atoms with Gasteiger partial charge in [-0.3, -0.25) is 4.98 Å². The third-order valence-corrected chi connectivity index (χ3v) is 8.64. The van der Waals surface area contributed by atoms with Gasteiger partial charge in [0.1, 0.15) is 5.69 Å². The van der Waals surface area contributed by atoms with Crippen LogP contribution in [-0.4, -0.2) is 26.5 Å². The summed E-state index contributed by atoms with van der Waals surface area (Å²) in [4.78, 5) is 4.41. The van der Waals surface area contributed by atoms with Gasteiger partial charge < -0.3 is 13.9 Å². The van der Waals surface area contributed by atoms with Gasteiger partial charge in [-0.25, -0.2) is 0 Å². The Morgan fingerprint density at radius 1 is 1.30 bits per heavy atom. The predicted octanol–water partition coefficient (Wildman–Crippen LogP) is 3.65. The molecule has 112 valence electrons. The molecule has 1 aromatic heterocycles. The minimum absolute atomic E-state index is 0.204. The Morgan fingerprint density at radius 3 is 2.55 bits per heavy atom. The Balaban J connectivity index is 2.10. The van der Waals surface area contributed by atoms with E-state index in [9.17, 15) is 0 Å². The molecule has 0 radical (unpaired) electrons. The topological polar surface area (TPSA) is 40.6 Å². The zero-order valence-electron chi connectivity index (χ0n) is 13.1. The van der Waals surface area contributed by atoms with E-state index in [1.165, 1.54) is 0 Å². The van der Waals surface area contributed by atoms with Gasteiger partial charge in [-0.1, -0.05) is 26.8 Å². The van der Waals surface area contributed by atoms with Crippen LogP contribution < -0.4 is 0 Å². The fraction of sp³-hybridized carbons (Fsp3) is 0.667. The Labute approximate surface area is 122 Å². The monoisotopic (exact) mass is 295 g/mol. The maximum atomic E-state index is 6.27. The molecule has 1 saturated heterocycles. The molecule has 1 fully saturated rings. The van der Waals surface area contributed by atoms with Crippen LogP contribution in [0.1, 0.15) is 38.3 Å². The van der Waals surface area contributed by atoms with Crippen molar-refractivity contribution < 1.29 is 13.9 Å². The maximum absolute atomic E-state index is 6.27. The van der Waals surface area contributed by atoms with Gasteiger partial charge in [0.2, 0.25) is 6.29 Å². The summed E-state index contributed by atoms with van der Waals surface area (Å²) in [6, 6.07) is 3.98. The van der Waals surface area contributed by atoms with E-state index in [4.69, 9.17) is 13.9 Å². The number of rotatable bonds is 4. The highest BCUT2D eigenvalue weighted by Crippen LogP contribution is 2.37. The molecule has 5 heteroatoms. The second kappa shape index (κ2) is 5.93. The lowest BCUT2D eigenvalue weighted by atomic mass is 10.2. The van der Waals surface area contributed by atoms with E-state index in [0.717, 1.165) is 11.3 Å². The molecule has 1 aromatic rings. The third kappa shape index (κ3) is 3.47. The molecule has 20 heavy (non-hydrogen) atoms. The van der Waals surface area contributed by atoms with Crippen LogP contribution in [0.2, 0.25) is 18.1 Å². The molecule has 0 unspecified atom stereocenters. The molecule has 0 amide bonds. The summed E-state index contributed by atoms with van der Waals surface area (Å²) in [6.07, 6.45) is 1.44. The Bertz CT molecular complexity index is 451. The van der Waals surface area contributed by atoms with Crippen LogP contribution in [0, 0.1) is 0 Å². The van der Waals surface area contributed by atoms with Gasteiger partial charge in [0.15, 0.2) is 8.32 Å². The van der Waals surface area contributed by atoms with E-state index in [-0.39, 0.29) is 11.3 Å². The van der Waals surface area contributed by atoms with Crippen LogP contribution in [0.25, 0.3) is 0 Å². The van der Waals surface area contributed by atoms with Gasteiger partial charge in [0.25, 0.3) is 0 Å². The van der Waals surface area contributed by atoms with E-state index >= 15 is 0 Å². The first-order chi connectivity index (χ1) is 9.31. The van der Waals surface area contributed by atoms with E-state index in [1.54, 1.807) is 6.20 Å². The summed E-state index contributed by atoms with van der Waals surface area (Å²) in [5, 5.41) is 0.204. The molecule has 0 saturated carbocycles. The van der Waals surface area contributed by atoms with Crippen LogP contribution in [0.15, 0.2) is 18.3 Å². The number of hydrogen-bond acceptors (Lipinski definition) is 4. The van der Waals surface area contributed by atoms with Gasteiger partial charge in [0.05, 0.1) is 19.8 Å². The van der Waals surface area contributed by atoms with E-state index in [1.807, 2.05) is 12.1 Å². The van der Waals surface area contributed by atoms with Gasteiger partial charge >= 0.3 is 0 Å². The van der Waals surface area contributed by atoms with E-state index in [0.29, 0.717) is 19.8 Å². The summed E-state index contributed by atoms with van der Waals surface area (Å²) in [7, 11) is -1.76. The second-order valence-electron chi connectivity index (χ2n) is 6.67. The molecule has 1 aliphatic heterocycles. The third-order valence-electron chi connectivity index (χ3n) is 4.17. The van der Waals surface area contributed by atoms with Gasteiger partial charge in [-0.05, 0) is 24.2 Å². The van der Waals surface area contributed by atoms with Crippen molar-refractivity contribution in [3.8, 4) is 0 Å². The molecule has 0 aromatic carbocycles. The minimum atomic E-state index is -1.76. The van der Waals surface area contributed by atoms with Crippen LogP contribution in [0.4, 0.5) is 0 Å². The standard InChI is InChI=1S/C15H25NO3Si/c1-15(2,3)20(4,5)19-11-12-7-6-8-16-13(12)14-17-9-10-18-14/h6-8,14H,9-11H2,1-5H3. The van der Waals surface area contributed by atoms with Crippen LogP contribution in [0.3, 0.4) is 0 Å². The summed E-state index contributed by atoms with van der Waals surface area (Å²) in [5.74, 6) is 0.